The van der Waals surface area contributed by atoms with Gasteiger partial charge in [0.2, 0.25) is 0 Å². The van der Waals surface area contributed by atoms with Crippen molar-refractivity contribution in [2.45, 2.75) is 0 Å². The fourth-order valence-corrected chi connectivity index (χ4v) is 1.70. The molecule has 1 heterocycles. The maximum Gasteiger partial charge on any atom is 0.427 e. The second-order valence-corrected chi connectivity index (χ2v) is 3.64. The first-order valence-electron chi connectivity index (χ1n) is 4.85. The standard InChI is InChI=1S/C11H10ClN3O2/c1-17-11(16)15-13-6-8-7-4-2-3-5-9(7)14-10(8)12/h2-6,14H,1H3,(H,15,16)/b13-6-. The molecule has 0 aliphatic rings. The van der Waals surface area contributed by atoms with Gasteiger partial charge in [-0.3, -0.25) is 0 Å². The fourth-order valence-electron chi connectivity index (χ4n) is 1.45. The Morgan fingerprint density at radius 3 is 3.06 bits per heavy atom. The molecule has 0 bridgehead atoms. The molecule has 0 radical (unpaired) electrons. The average Bonchev–Trinajstić information content (AvgIpc) is 2.66. The van der Waals surface area contributed by atoms with Crippen LogP contribution < -0.4 is 5.43 Å². The third-order valence-corrected chi connectivity index (χ3v) is 2.53. The Morgan fingerprint density at radius 2 is 2.29 bits per heavy atom. The molecule has 0 aliphatic carbocycles. The summed E-state index contributed by atoms with van der Waals surface area (Å²) < 4.78 is 4.38. The second-order valence-electron chi connectivity index (χ2n) is 3.26. The molecule has 17 heavy (non-hydrogen) atoms. The van der Waals surface area contributed by atoms with Crippen molar-refractivity contribution in [1.82, 2.24) is 10.4 Å². The zero-order valence-corrected chi connectivity index (χ0v) is 9.78. The summed E-state index contributed by atoms with van der Waals surface area (Å²) in [4.78, 5) is 13.8. The number of nitrogens with zero attached hydrogens (tertiary/aromatic N) is 1. The summed E-state index contributed by atoms with van der Waals surface area (Å²) in [7, 11) is 1.27. The van der Waals surface area contributed by atoms with Crippen LogP contribution in [0.5, 0.6) is 0 Å². The molecule has 0 fully saturated rings. The summed E-state index contributed by atoms with van der Waals surface area (Å²) >= 11 is 6.03. The molecular formula is C11H10ClN3O2. The Balaban J connectivity index is 2.29. The van der Waals surface area contributed by atoms with Crippen LogP contribution in [0.3, 0.4) is 0 Å². The average molecular weight is 252 g/mol. The van der Waals surface area contributed by atoms with Crippen molar-refractivity contribution in [3.8, 4) is 0 Å². The lowest BCUT2D eigenvalue weighted by atomic mass is 10.2. The monoisotopic (exact) mass is 251 g/mol. The first-order chi connectivity index (χ1) is 8.22. The van der Waals surface area contributed by atoms with Gasteiger partial charge in [0.05, 0.1) is 13.3 Å². The number of carbonyl (C=O) groups excluding carboxylic acids is 1. The molecule has 88 valence electrons. The van der Waals surface area contributed by atoms with Crippen LogP contribution in [0.4, 0.5) is 4.79 Å². The minimum Gasteiger partial charge on any atom is -0.452 e. The van der Waals surface area contributed by atoms with Crippen LogP contribution in [-0.2, 0) is 4.74 Å². The van der Waals surface area contributed by atoms with E-state index >= 15 is 0 Å². The molecule has 2 N–H and O–H groups in total. The van der Waals surface area contributed by atoms with Crippen molar-refractivity contribution in [3.63, 3.8) is 0 Å². The number of hydrogen-bond acceptors (Lipinski definition) is 3. The van der Waals surface area contributed by atoms with Gasteiger partial charge in [0.1, 0.15) is 5.15 Å². The molecule has 0 saturated heterocycles. The summed E-state index contributed by atoms with van der Waals surface area (Å²) in [6, 6.07) is 7.63. The quantitative estimate of drug-likeness (QED) is 0.636. The largest absolute Gasteiger partial charge is 0.452 e. The van der Waals surface area contributed by atoms with Gasteiger partial charge in [-0.15, -0.1) is 0 Å². The lowest BCUT2D eigenvalue weighted by Crippen LogP contribution is -2.16. The van der Waals surface area contributed by atoms with Gasteiger partial charge in [-0.2, -0.15) is 5.10 Å². The molecule has 1 aromatic carbocycles. The highest BCUT2D eigenvalue weighted by atomic mass is 35.5. The van der Waals surface area contributed by atoms with E-state index in [1.54, 1.807) is 0 Å². The number of hydrogen-bond donors (Lipinski definition) is 2. The number of halogens is 1. The summed E-state index contributed by atoms with van der Waals surface area (Å²) in [6.45, 7) is 0. The molecule has 2 rings (SSSR count). The Labute approximate surface area is 102 Å². The van der Waals surface area contributed by atoms with Crippen molar-refractivity contribution in [2.75, 3.05) is 7.11 Å². The van der Waals surface area contributed by atoms with Crippen LogP contribution in [0.2, 0.25) is 5.15 Å². The van der Waals surface area contributed by atoms with E-state index in [4.69, 9.17) is 11.6 Å². The molecule has 5 nitrogen and oxygen atoms in total. The Hall–Kier alpha value is -2.01. The molecular weight excluding hydrogens is 242 g/mol. The third-order valence-electron chi connectivity index (χ3n) is 2.23. The highest BCUT2D eigenvalue weighted by Crippen LogP contribution is 2.23. The summed E-state index contributed by atoms with van der Waals surface area (Å²) in [5.41, 5.74) is 3.83. The van der Waals surface area contributed by atoms with Gasteiger partial charge in [0, 0.05) is 16.5 Å². The molecule has 6 heteroatoms. The number of methoxy groups -OCH3 is 1. The normalized spacial score (nSPS) is 10.9. The Bertz CT molecular complexity index is 577. The van der Waals surface area contributed by atoms with E-state index in [9.17, 15) is 4.79 Å². The van der Waals surface area contributed by atoms with Crippen LogP contribution in [0.15, 0.2) is 29.4 Å². The predicted molar refractivity (Wildman–Crippen MR) is 66.4 cm³/mol. The van der Waals surface area contributed by atoms with Crippen molar-refractivity contribution >= 4 is 34.8 Å². The van der Waals surface area contributed by atoms with E-state index < -0.39 is 6.09 Å². The zero-order valence-electron chi connectivity index (χ0n) is 9.03. The number of hydrazone groups is 1. The van der Waals surface area contributed by atoms with E-state index in [-0.39, 0.29) is 0 Å². The number of aromatic nitrogens is 1. The van der Waals surface area contributed by atoms with Crippen molar-refractivity contribution < 1.29 is 9.53 Å². The second kappa shape index (κ2) is 4.88. The molecule has 0 spiro atoms. The van der Waals surface area contributed by atoms with E-state index in [1.165, 1.54) is 13.3 Å². The zero-order chi connectivity index (χ0) is 12.3. The number of carbonyl (C=O) groups is 1. The van der Waals surface area contributed by atoms with Crippen molar-refractivity contribution in [1.29, 1.82) is 0 Å². The van der Waals surface area contributed by atoms with Gasteiger partial charge < -0.3 is 9.72 Å². The third kappa shape index (κ3) is 2.39. The maximum atomic E-state index is 10.8. The van der Waals surface area contributed by atoms with Gasteiger partial charge in [-0.1, -0.05) is 29.8 Å². The van der Waals surface area contributed by atoms with Crippen molar-refractivity contribution in [3.05, 3.63) is 35.0 Å². The molecule has 0 atom stereocenters. The van der Waals surface area contributed by atoms with E-state index in [0.717, 1.165) is 16.5 Å². The minimum absolute atomic E-state index is 0.474. The topological polar surface area (TPSA) is 66.5 Å². The Kier molecular flexibility index (Phi) is 3.30. The Morgan fingerprint density at radius 1 is 1.53 bits per heavy atom. The number of H-pyrrole nitrogens is 1. The van der Waals surface area contributed by atoms with Crippen LogP contribution in [-0.4, -0.2) is 24.4 Å². The number of nitrogens with one attached hydrogen (secondary N) is 2. The molecule has 2 aromatic rings. The highest BCUT2D eigenvalue weighted by molar-refractivity contribution is 6.34. The summed E-state index contributed by atoms with van der Waals surface area (Å²) in [6.07, 6.45) is 0.843. The fraction of sp³-hybridized carbons (Fsp3) is 0.0909. The van der Waals surface area contributed by atoms with Gasteiger partial charge in [0.25, 0.3) is 0 Å². The molecule has 0 aliphatic heterocycles. The number of fused-ring (bicyclic) bond motifs is 1. The summed E-state index contributed by atoms with van der Waals surface area (Å²) in [5.74, 6) is 0. The molecule has 1 amide bonds. The highest BCUT2D eigenvalue weighted by Gasteiger charge is 2.06. The molecule has 0 unspecified atom stereocenters. The van der Waals surface area contributed by atoms with Gasteiger partial charge in [-0.25, -0.2) is 10.2 Å². The summed E-state index contributed by atoms with van der Waals surface area (Å²) in [5, 5.41) is 5.15. The van der Waals surface area contributed by atoms with Crippen LogP contribution in [0.1, 0.15) is 5.56 Å². The van der Waals surface area contributed by atoms with E-state index in [2.05, 4.69) is 20.2 Å². The van der Waals surface area contributed by atoms with Crippen LogP contribution in [0, 0.1) is 0 Å². The minimum atomic E-state index is -0.628. The lowest BCUT2D eigenvalue weighted by molar-refractivity contribution is 0.171. The van der Waals surface area contributed by atoms with Crippen LogP contribution in [0.25, 0.3) is 10.9 Å². The smallest absolute Gasteiger partial charge is 0.427 e. The number of amides is 1. The van der Waals surface area contributed by atoms with Crippen molar-refractivity contribution in [2.24, 2.45) is 5.10 Å². The van der Waals surface area contributed by atoms with Gasteiger partial charge in [0.15, 0.2) is 0 Å². The number of rotatable bonds is 2. The SMILES string of the molecule is COC(=O)N/N=C\c1c(Cl)[nH]c2ccccc12. The number of ether oxygens (including phenoxy) is 1. The van der Waals surface area contributed by atoms with Gasteiger partial charge in [-0.05, 0) is 6.07 Å². The predicted octanol–water partition coefficient (Wildman–Crippen LogP) is 2.51. The molecule has 0 saturated carbocycles. The first-order valence-corrected chi connectivity index (χ1v) is 5.23. The number of para-hydroxylation sites is 1. The van der Waals surface area contributed by atoms with E-state index in [0.29, 0.717) is 5.15 Å². The number of aromatic amines is 1. The van der Waals surface area contributed by atoms with Gasteiger partial charge >= 0.3 is 6.09 Å². The lowest BCUT2D eigenvalue weighted by Gasteiger charge is -1.95. The van der Waals surface area contributed by atoms with E-state index in [1.807, 2.05) is 24.3 Å². The molecule has 1 aromatic heterocycles. The first kappa shape index (κ1) is 11.5. The van der Waals surface area contributed by atoms with Crippen LogP contribution >= 0.6 is 11.6 Å². The number of benzene rings is 1. The maximum absolute atomic E-state index is 10.8.